The number of ether oxygens (including phenoxy) is 1. The van der Waals surface area contributed by atoms with Gasteiger partial charge in [-0.3, -0.25) is 14.4 Å². The van der Waals surface area contributed by atoms with Gasteiger partial charge in [0, 0.05) is 31.3 Å². The molecule has 0 spiro atoms. The molecule has 114 valence electrons. The van der Waals surface area contributed by atoms with Crippen molar-refractivity contribution < 1.29 is 14.3 Å². The molecule has 1 aromatic heterocycles. The first kappa shape index (κ1) is 15.4. The number of ketones is 1. The fourth-order valence-corrected chi connectivity index (χ4v) is 2.56. The van der Waals surface area contributed by atoms with Crippen LogP contribution >= 0.6 is 0 Å². The number of H-pyrrole nitrogens is 1. The van der Waals surface area contributed by atoms with Crippen molar-refractivity contribution in [3.05, 3.63) is 33.2 Å². The molecule has 1 heterocycles. The lowest BCUT2D eigenvalue weighted by Crippen LogP contribution is -2.35. The second-order valence-electron chi connectivity index (χ2n) is 6.09. The number of hydrogen-bond donors (Lipinski definition) is 2. The number of carbonyl (C=O) groups excluding carboxylic acids is 2. The fourth-order valence-electron chi connectivity index (χ4n) is 2.56. The Hall–Kier alpha value is -1.95. The molecule has 0 fully saturated rings. The van der Waals surface area contributed by atoms with Crippen molar-refractivity contribution >= 4 is 11.7 Å². The van der Waals surface area contributed by atoms with Crippen LogP contribution in [-0.2, 0) is 11.2 Å². The molecule has 2 N–H and O–H groups in total. The summed E-state index contributed by atoms with van der Waals surface area (Å²) in [5.74, 6) is -0.530. The number of rotatable bonds is 4. The Balaban J connectivity index is 2.31. The molecule has 2 rings (SSSR count). The molecule has 1 aromatic rings. The molecule has 0 bridgehead atoms. The second-order valence-corrected chi connectivity index (χ2v) is 6.09. The summed E-state index contributed by atoms with van der Waals surface area (Å²) in [6.45, 7) is 4.64. The normalized spacial score (nSPS) is 16.4. The van der Waals surface area contributed by atoms with Gasteiger partial charge in [-0.25, -0.2) is 0 Å². The zero-order valence-corrected chi connectivity index (χ0v) is 12.5. The molecule has 1 aliphatic carbocycles. The largest absolute Gasteiger partial charge is 0.383 e. The molecule has 1 aliphatic rings. The van der Waals surface area contributed by atoms with E-state index >= 15 is 0 Å². The number of aromatic amines is 1. The fraction of sp³-hybridized carbons (Fsp3) is 0.533. The Morgan fingerprint density at radius 2 is 2.10 bits per heavy atom. The molecule has 0 saturated carbocycles. The Kier molecular flexibility index (Phi) is 4.27. The summed E-state index contributed by atoms with van der Waals surface area (Å²) in [4.78, 5) is 38.8. The van der Waals surface area contributed by atoms with Crippen LogP contribution in [0, 0.1) is 5.41 Å². The van der Waals surface area contributed by atoms with Crippen molar-refractivity contribution in [2.45, 2.75) is 26.7 Å². The van der Waals surface area contributed by atoms with E-state index in [-0.39, 0.29) is 16.8 Å². The number of pyridine rings is 1. The van der Waals surface area contributed by atoms with Gasteiger partial charge in [-0.1, -0.05) is 13.8 Å². The van der Waals surface area contributed by atoms with E-state index in [0.717, 1.165) is 0 Å². The molecule has 0 aromatic carbocycles. The van der Waals surface area contributed by atoms with Crippen molar-refractivity contribution in [3.8, 4) is 0 Å². The van der Waals surface area contributed by atoms with E-state index in [1.54, 1.807) is 0 Å². The van der Waals surface area contributed by atoms with Crippen molar-refractivity contribution in [2.24, 2.45) is 5.41 Å². The minimum absolute atomic E-state index is 0.0297. The maximum Gasteiger partial charge on any atom is 0.261 e. The molecule has 0 atom stereocenters. The summed E-state index contributed by atoms with van der Waals surface area (Å²) >= 11 is 0. The number of hydrogen-bond acceptors (Lipinski definition) is 4. The van der Waals surface area contributed by atoms with Gasteiger partial charge in [0.25, 0.3) is 11.5 Å². The minimum Gasteiger partial charge on any atom is -0.383 e. The first-order valence-corrected chi connectivity index (χ1v) is 6.90. The van der Waals surface area contributed by atoms with Crippen LogP contribution in [0.15, 0.2) is 10.9 Å². The van der Waals surface area contributed by atoms with E-state index in [0.29, 0.717) is 37.3 Å². The van der Waals surface area contributed by atoms with E-state index < -0.39 is 11.5 Å². The van der Waals surface area contributed by atoms with Crippen LogP contribution in [0.1, 0.15) is 46.7 Å². The van der Waals surface area contributed by atoms with Crippen molar-refractivity contribution in [1.82, 2.24) is 10.3 Å². The van der Waals surface area contributed by atoms with Crippen LogP contribution in [0.3, 0.4) is 0 Å². The standard InChI is InChI=1S/C15H20N2O4/c1-15(2)7-11-9(12(18)8-15)6-10(14(20)17-11)13(19)16-4-5-21-3/h6H,4-5,7-8H2,1-3H3,(H,16,19)(H,17,20). The highest BCUT2D eigenvalue weighted by Crippen LogP contribution is 2.33. The smallest absolute Gasteiger partial charge is 0.261 e. The van der Waals surface area contributed by atoms with E-state index in [9.17, 15) is 14.4 Å². The predicted molar refractivity (Wildman–Crippen MR) is 77.7 cm³/mol. The topological polar surface area (TPSA) is 88.3 Å². The third kappa shape index (κ3) is 3.39. The Labute approximate surface area is 122 Å². The maximum atomic E-state index is 12.2. The number of methoxy groups -OCH3 is 1. The average Bonchev–Trinajstić information content (AvgIpc) is 2.36. The van der Waals surface area contributed by atoms with Gasteiger partial charge in [0.05, 0.1) is 6.61 Å². The van der Waals surface area contributed by atoms with Crippen LogP contribution in [0.4, 0.5) is 0 Å². The monoisotopic (exact) mass is 292 g/mol. The summed E-state index contributed by atoms with van der Waals surface area (Å²) < 4.78 is 4.83. The zero-order valence-electron chi connectivity index (χ0n) is 12.5. The number of amides is 1. The van der Waals surface area contributed by atoms with Gasteiger partial charge in [-0.15, -0.1) is 0 Å². The molecule has 0 radical (unpaired) electrons. The van der Waals surface area contributed by atoms with E-state index in [1.165, 1.54) is 13.2 Å². The molecular weight excluding hydrogens is 272 g/mol. The Bertz CT molecular complexity index is 631. The first-order chi connectivity index (χ1) is 9.84. The highest BCUT2D eigenvalue weighted by molar-refractivity contribution is 6.02. The lowest BCUT2D eigenvalue weighted by molar-refractivity contribution is 0.0910. The van der Waals surface area contributed by atoms with Gasteiger partial charge in [-0.2, -0.15) is 0 Å². The van der Waals surface area contributed by atoms with E-state index in [4.69, 9.17) is 4.74 Å². The lowest BCUT2D eigenvalue weighted by Gasteiger charge is -2.29. The van der Waals surface area contributed by atoms with Crippen molar-refractivity contribution in [2.75, 3.05) is 20.3 Å². The number of fused-ring (bicyclic) bond motifs is 1. The summed E-state index contributed by atoms with van der Waals surface area (Å²) in [7, 11) is 1.53. The molecule has 21 heavy (non-hydrogen) atoms. The summed E-state index contributed by atoms with van der Waals surface area (Å²) in [5, 5.41) is 2.58. The van der Waals surface area contributed by atoms with Gasteiger partial charge in [0.1, 0.15) is 5.56 Å². The molecular formula is C15H20N2O4. The van der Waals surface area contributed by atoms with Crippen molar-refractivity contribution in [3.63, 3.8) is 0 Å². The number of Topliss-reactive ketones (excluding diaryl/α,β-unsaturated/α-hetero) is 1. The second kappa shape index (κ2) is 5.81. The molecule has 0 aliphatic heterocycles. The van der Waals surface area contributed by atoms with Crippen molar-refractivity contribution in [1.29, 1.82) is 0 Å². The lowest BCUT2D eigenvalue weighted by atomic mass is 9.75. The summed E-state index contributed by atoms with van der Waals surface area (Å²) in [6, 6.07) is 1.41. The Morgan fingerprint density at radius 1 is 1.38 bits per heavy atom. The first-order valence-electron chi connectivity index (χ1n) is 6.90. The summed E-state index contributed by atoms with van der Waals surface area (Å²) in [6.07, 6.45) is 1.03. The molecule has 1 amide bonds. The molecule has 6 heteroatoms. The molecule has 0 saturated heterocycles. The summed E-state index contributed by atoms with van der Waals surface area (Å²) in [5.41, 5.74) is 0.405. The van der Waals surface area contributed by atoms with Crippen LogP contribution in [0.25, 0.3) is 0 Å². The SMILES string of the molecule is COCCNC(=O)c1cc2c([nH]c1=O)CC(C)(C)CC2=O. The zero-order chi connectivity index (χ0) is 15.6. The van der Waals surface area contributed by atoms with E-state index in [1.807, 2.05) is 13.8 Å². The number of nitrogens with one attached hydrogen (secondary N) is 2. The third-order valence-electron chi connectivity index (χ3n) is 3.55. The van der Waals surface area contributed by atoms with Gasteiger partial charge in [-0.05, 0) is 17.9 Å². The number of aromatic nitrogens is 1. The van der Waals surface area contributed by atoms with Crippen LogP contribution in [-0.4, -0.2) is 36.9 Å². The van der Waals surface area contributed by atoms with E-state index in [2.05, 4.69) is 10.3 Å². The van der Waals surface area contributed by atoms with Crippen LogP contribution < -0.4 is 10.9 Å². The third-order valence-corrected chi connectivity index (χ3v) is 3.55. The van der Waals surface area contributed by atoms with Gasteiger partial charge >= 0.3 is 0 Å². The predicted octanol–water partition coefficient (Wildman–Crippen LogP) is 0.906. The van der Waals surface area contributed by atoms with Crippen LogP contribution in [0.5, 0.6) is 0 Å². The maximum absolute atomic E-state index is 12.2. The van der Waals surface area contributed by atoms with Gasteiger partial charge in [0.15, 0.2) is 5.78 Å². The Morgan fingerprint density at radius 3 is 2.76 bits per heavy atom. The highest BCUT2D eigenvalue weighted by atomic mass is 16.5. The highest BCUT2D eigenvalue weighted by Gasteiger charge is 2.32. The minimum atomic E-state index is -0.492. The quantitative estimate of drug-likeness (QED) is 0.807. The number of carbonyl (C=O) groups is 2. The molecule has 0 unspecified atom stereocenters. The van der Waals surface area contributed by atoms with Gasteiger partial charge < -0.3 is 15.0 Å². The average molecular weight is 292 g/mol. The van der Waals surface area contributed by atoms with Gasteiger partial charge in [0.2, 0.25) is 0 Å². The van der Waals surface area contributed by atoms with Crippen LogP contribution in [0.2, 0.25) is 0 Å². The molecule has 6 nitrogen and oxygen atoms in total.